The smallest absolute Gasteiger partial charge is 0.268 e. The number of phosphoric ester groups is 1. The monoisotopic (exact) mass is 535 g/mol. The zero-order chi connectivity index (χ0) is 27.0. The van der Waals surface area contributed by atoms with E-state index in [1.165, 1.54) is 96.3 Å². The third-order valence-electron chi connectivity index (χ3n) is 6.14. The molecule has 0 saturated heterocycles. The van der Waals surface area contributed by atoms with Crippen LogP contribution in [0.5, 0.6) is 0 Å². The lowest BCUT2D eigenvalue weighted by molar-refractivity contribution is -0.870. The van der Waals surface area contributed by atoms with Crippen molar-refractivity contribution in [2.45, 2.75) is 122 Å². The number of ether oxygens (including phenoxy) is 1. The Labute approximate surface area is 222 Å². The molecule has 1 N–H and O–H groups in total. The van der Waals surface area contributed by atoms with Crippen molar-refractivity contribution in [2.24, 2.45) is 0 Å². The van der Waals surface area contributed by atoms with Crippen molar-refractivity contribution in [1.29, 1.82) is 0 Å². The molecule has 0 aliphatic carbocycles. The second-order valence-electron chi connectivity index (χ2n) is 11.0. The number of hydrogen-bond acceptors (Lipinski definition) is 6. The number of nitrogens with zero attached hydrogens (tertiary/aromatic N) is 1. The van der Waals surface area contributed by atoms with E-state index in [2.05, 4.69) is 6.92 Å². The number of unbranched alkanes of at least 4 members (excludes halogenated alkanes) is 16. The Kier molecular flexibility index (Phi) is 23.4. The van der Waals surface area contributed by atoms with Crippen LogP contribution in [0.1, 0.15) is 116 Å². The van der Waals surface area contributed by atoms with E-state index in [-0.39, 0.29) is 19.8 Å². The molecule has 0 spiro atoms. The van der Waals surface area contributed by atoms with Crippen LogP contribution in [0.25, 0.3) is 0 Å². The first-order chi connectivity index (χ1) is 17.2. The van der Waals surface area contributed by atoms with Crippen LogP contribution in [-0.2, 0) is 18.3 Å². The zero-order valence-electron chi connectivity index (χ0n) is 24.0. The van der Waals surface area contributed by atoms with Crippen LogP contribution in [0, 0.1) is 0 Å². The van der Waals surface area contributed by atoms with Gasteiger partial charge in [0.05, 0.1) is 34.0 Å². The van der Waals surface area contributed by atoms with Crippen molar-refractivity contribution < 1.29 is 32.8 Å². The first-order valence-corrected chi connectivity index (χ1v) is 16.0. The third-order valence-corrected chi connectivity index (χ3v) is 7.11. The van der Waals surface area contributed by atoms with Gasteiger partial charge in [0, 0.05) is 0 Å². The minimum Gasteiger partial charge on any atom is -0.756 e. The molecule has 0 aromatic rings. The molecule has 0 fully saturated rings. The number of hydrogen-bond donors (Lipinski definition) is 1. The van der Waals surface area contributed by atoms with E-state index in [0.29, 0.717) is 11.0 Å². The molecule has 0 aromatic heterocycles. The number of rotatable bonds is 27. The molecule has 2 atom stereocenters. The second-order valence-corrected chi connectivity index (χ2v) is 12.5. The predicted octanol–water partition coefficient (Wildman–Crippen LogP) is 6.74. The van der Waals surface area contributed by atoms with Crippen LogP contribution in [0.2, 0.25) is 0 Å². The van der Waals surface area contributed by atoms with Crippen molar-refractivity contribution in [3.8, 4) is 0 Å². The summed E-state index contributed by atoms with van der Waals surface area (Å²) in [6.07, 6.45) is 25.2. The summed E-state index contributed by atoms with van der Waals surface area (Å²) in [4.78, 5) is 11.7. The highest BCUT2D eigenvalue weighted by atomic mass is 31.2. The van der Waals surface area contributed by atoms with Gasteiger partial charge in [-0.05, 0) is 18.9 Å². The molecular formula is C28H58NO6P. The lowest BCUT2D eigenvalue weighted by atomic mass is 10.0. The Morgan fingerprint density at radius 3 is 1.72 bits per heavy atom. The van der Waals surface area contributed by atoms with E-state index >= 15 is 0 Å². The van der Waals surface area contributed by atoms with Crippen LogP contribution < -0.4 is 4.89 Å². The maximum Gasteiger partial charge on any atom is 0.268 e. The van der Waals surface area contributed by atoms with Crippen molar-refractivity contribution in [3.05, 3.63) is 12.3 Å². The van der Waals surface area contributed by atoms with Gasteiger partial charge in [-0.15, -0.1) is 0 Å². The first kappa shape index (κ1) is 35.6. The van der Waals surface area contributed by atoms with Crippen LogP contribution in [0.3, 0.4) is 0 Å². The summed E-state index contributed by atoms with van der Waals surface area (Å²) in [6, 6.07) is 0. The number of allylic oxidation sites excluding steroid dienone is 1. The fraction of sp³-hybridized carbons (Fsp3) is 0.929. The van der Waals surface area contributed by atoms with E-state index in [0.717, 1.165) is 12.8 Å². The average molecular weight is 536 g/mol. The van der Waals surface area contributed by atoms with Crippen LogP contribution in [0.15, 0.2) is 12.3 Å². The van der Waals surface area contributed by atoms with Crippen molar-refractivity contribution in [3.63, 3.8) is 0 Å². The van der Waals surface area contributed by atoms with Crippen molar-refractivity contribution in [1.82, 2.24) is 0 Å². The van der Waals surface area contributed by atoms with Gasteiger partial charge in [0.25, 0.3) is 7.82 Å². The maximum atomic E-state index is 11.7. The van der Waals surface area contributed by atoms with Gasteiger partial charge < -0.3 is 28.3 Å². The fourth-order valence-electron chi connectivity index (χ4n) is 3.80. The number of aliphatic hydroxyl groups excluding tert-OH is 1. The van der Waals surface area contributed by atoms with Gasteiger partial charge in [-0.3, -0.25) is 4.57 Å². The summed E-state index contributed by atoms with van der Waals surface area (Å²) in [5.41, 5.74) is 0. The number of quaternary nitrogens is 1. The number of aliphatic hydroxyl groups is 1. The van der Waals surface area contributed by atoms with Gasteiger partial charge in [-0.25, -0.2) is 0 Å². The molecule has 0 rings (SSSR count). The van der Waals surface area contributed by atoms with E-state index in [1.807, 2.05) is 27.2 Å². The minimum atomic E-state index is -4.41. The molecule has 8 heteroatoms. The molecule has 7 nitrogen and oxygen atoms in total. The summed E-state index contributed by atoms with van der Waals surface area (Å²) < 4.78 is 27.1. The Hall–Kier alpha value is -0.430. The van der Waals surface area contributed by atoms with Gasteiger partial charge in [-0.1, -0.05) is 103 Å². The Balaban J connectivity index is 3.42. The Morgan fingerprint density at radius 1 is 0.778 bits per heavy atom. The summed E-state index contributed by atoms with van der Waals surface area (Å²) in [5, 5.41) is 9.82. The van der Waals surface area contributed by atoms with Crippen molar-refractivity contribution in [2.75, 3.05) is 47.5 Å². The van der Waals surface area contributed by atoms with E-state index in [4.69, 9.17) is 13.8 Å². The van der Waals surface area contributed by atoms with Crippen LogP contribution in [-0.4, -0.2) is 63.2 Å². The topological polar surface area (TPSA) is 88.0 Å². The standard InChI is InChI=1S/C28H58NO6P/c1-5-6-7-8-9-10-11-12-13-14-15-16-17-18-19-20-21-22-24-33-26-28(30)27-35-36(31,32)34-25-23-29(2,3)4/h22,24,28,30H,5-21,23,25-27H2,1-4H3/b24-22+/t28-/m1/s1. The molecule has 0 saturated carbocycles. The average Bonchev–Trinajstić information content (AvgIpc) is 2.80. The summed E-state index contributed by atoms with van der Waals surface area (Å²) in [7, 11) is 1.41. The summed E-state index contributed by atoms with van der Waals surface area (Å²) in [5.74, 6) is 0. The number of likely N-dealkylation sites (N-methyl/N-ethyl adjacent to an activating group) is 1. The molecule has 0 heterocycles. The summed E-state index contributed by atoms with van der Waals surface area (Å²) >= 11 is 0. The van der Waals surface area contributed by atoms with Gasteiger partial charge in [0.2, 0.25) is 0 Å². The van der Waals surface area contributed by atoms with Gasteiger partial charge in [-0.2, -0.15) is 0 Å². The quantitative estimate of drug-likeness (QED) is 0.0543. The fourth-order valence-corrected chi connectivity index (χ4v) is 4.54. The van der Waals surface area contributed by atoms with Crippen LogP contribution in [0.4, 0.5) is 0 Å². The highest BCUT2D eigenvalue weighted by Crippen LogP contribution is 2.38. The Morgan fingerprint density at radius 2 is 1.25 bits per heavy atom. The molecule has 0 aliphatic rings. The Bertz CT molecular complexity index is 553. The summed E-state index contributed by atoms with van der Waals surface area (Å²) in [6.45, 7) is 2.45. The lowest BCUT2D eigenvalue weighted by Gasteiger charge is -2.27. The van der Waals surface area contributed by atoms with E-state index < -0.39 is 13.9 Å². The molecule has 0 aromatic carbocycles. The molecule has 0 aliphatic heterocycles. The highest BCUT2D eigenvalue weighted by Gasteiger charge is 2.15. The van der Waals surface area contributed by atoms with E-state index in [9.17, 15) is 14.6 Å². The van der Waals surface area contributed by atoms with Gasteiger partial charge in [0.1, 0.15) is 25.9 Å². The maximum absolute atomic E-state index is 11.7. The molecule has 36 heavy (non-hydrogen) atoms. The second kappa shape index (κ2) is 23.7. The lowest BCUT2D eigenvalue weighted by Crippen LogP contribution is -2.37. The third kappa shape index (κ3) is 28.1. The minimum absolute atomic E-state index is 0.0195. The number of phosphoric acid groups is 1. The normalized spacial score (nSPS) is 14.8. The van der Waals surface area contributed by atoms with Gasteiger partial charge >= 0.3 is 0 Å². The molecule has 0 bridgehead atoms. The predicted molar refractivity (Wildman–Crippen MR) is 148 cm³/mol. The van der Waals surface area contributed by atoms with Gasteiger partial charge in [0.15, 0.2) is 0 Å². The zero-order valence-corrected chi connectivity index (χ0v) is 24.9. The highest BCUT2D eigenvalue weighted by molar-refractivity contribution is 7.45. The molecule has 0 amide bonds. The largest absolute Gasteiger partial charge is 0.756 e. The molecule has 216 valence electrons. The van der Waals surface area contributed by atoms with Crippen LogP contribution >= 0.6 is 7.82 Å². The molecule has 0 radical (unpaired) electrons. The molecule has 1 unspecified atom stereocenters. The van der Waals surface area contributed by atoms with E-state index in [1.54, 1.807) is 6.26 Å². The molecular weight excluding hydrogens is 477 g/mol. The SMILES string of the molecule is CCCCCCCCCCCCCCCCCC/C=C/OC[C@@H](O)COP(=O)([O-])OCC[N+](C)(C)C. The first-order valence-electron chi connectivity index (χ1n) is 14.5. The van der Waals surface area contributed by atoms with Crippen molar-refractivity contribution >= 4 is 7.82 Å².